The van der Waals surface area contributed by atoms with E-state index in [-0.39, 0.29) is 17.0 Å². The lowest BCUT2D eigenvalue weighted by Crippen LogP contribution is -2.48. The van der Waals surface area contributed by atoms with E-state index >= 15 is 4.39 Å². The molecule has 7 nitrogen and oxygen atoms in total. The average molecular weight is 417 g/mol. The van der Waals surface area contributed by atoms with Crippen LogP contribution in [-0.2, 0) is 0 Å². The summed E-state index contributed by atoms with van der Waals surface area (Å²) in [7, 11) is 1.47. The van der Waals surface area contributed by atoms with Crippen molar-refractivity contribution < 1.29 is 19.0 Å². The number of benzene rings is 1. The number of carbonyl (C=O) groups is 1. The van der Waals surface area contributed by atoms with Gasteiger partial charge in [-0.1, -0.05) is 13.8 Å². The first kappa shape index (κ1) is 20.7. The van der Waals surface area contributed by atoms with Gasteiger partial charge >= 0.3 is 5.97 Å². The normalized spacial score (nSPS) is 21.8. The highest BCUT2D eigenvalue weighted by Gasteiger charge is 2.33. The Morgan fingerprint density at radius 2 is 2.10 bits per heavy atom. The van der Waals surface area contributed by atoms with Crippen LogP contribution in [0.1, 0.15) is 49.5 Å². The van der Waals surface area contributed by atoms with Crippen LogP contribution in [0.25, 0.3) is 10.9 Å². The van der Waals surface area contributed by atoms with Gasteiger partial charge in [-0.25, -0.2) is 9.18 Å². The van der Waals surface area contributed by atoms with Crippen LogP contribution in [0.4, 0.5) is 10.1 Å². The largest absolute Gasteiger partial charge is 0.492 e. The number of carboxylic acids is 1. The summed E-state index contributed by atoms with van der Waals surface area (Å²) in [4.78, 5) is 26.4. The van der Waals surface area contributed by atoms with Gasteiger partial charge in [0.05, 0.1) is 18.0 Å². The first-order valence-electron chi connectivity index (χ1n) is 10.5. The number of fused-ring (bicyclic) bond motifs is 1. The number of hydrogen-bond acceptors (Lipinski definition) is 5. The molecule has 4 rings (SSSR count). The maximum absolute atomic E-state index is 15.4. The molecule has 2 N–H and O–H groups in total. The lowest BCUT2D eigenvalue weighted by molar-refractivity contribution is 0.0695. The number of rotatable bonds is 6. The van der Waals surface area contributed by atoms with Crippen LogP contribution in [0.3, 0.4) is 0 Å². The second-order valence-electron chi connectivity index (χ2n) is 8.33. The third-order valence-corrected chi connectivity index (χ3v) is 6.26. The molecule has 0 radical (unpaired) electrons. The van der Waals surface area contributed by atoms with Crippen molar-refractivity contribution in [2.45, 2.75) is 45.2 Å². The molecule has 2 heterocycles. The van der Waals surface area contributed by atoms with Gasteiger partial charge in [-0.3, -0.25) is 4.79 Å². The molecule has 1 aliphatic carbocycles. The Morgan fingerprint density at radius 3 is 2.67 bits per heavy atom. The van der Waals surface area contributed by atoms with Crippen LogP contribution in [0, 0.1) is 11.7 Å². The number of pyridine rings is 1. The van der Waals surface area contributed by atoms with Crippen LogP contribution in [0.2, 0.25) is 0 Å². The van der Waals surface area contributed by atoms with Gasteiger partial charge in [-0.15, -0.1) is 0 Å². The van der Waals surface area contributed by atoms with Crippen molar-refractivity contribution in [3.8, 4) is 5.75 Å². The third kappa shape index (κ3) is 3.43. The number of nitrogens with one attached hydrogen (secondary N) is 1. The lowest BCUT2D eigenvalue weighted by Gasteiger charge is -2.39. The fourth-order valence-electron chi connectivity index (χ4n) is 4.64. The molecule has 0 amide bonds. The zero-order valence-electron chi connectivity index (χ0n) is 17.6. The molecule has 2 aliphatic rings. The molecule has 1 saturated heterocycles. The van der Waals surface area contributed by atoms with Gasteiger partial charge in [0.2, 0.25) is 5.43 Å². The molecular formula is C22H28FN3O4. The minimum atomic E-state index is -1.31. The summed E-state index contributed by atoms with van der Waals surface area (Å²) in [6.07, 6.45) is 4.04. The van der Waals surface area contributed by atoms with Crippen molar-refractivity contribution in [2.24, 2.45) is 5.92 Å². The minimum Gasteiger partial charge on any atom is -0.492 e. The third-order valence-electron chi connectivity index (χ3n) is 6.26. The summed E-state index contributed by atoms with van der Waals surface area (Å²) in [5.41, 5.74) is -0.197. The van der Waals surface area contributed by atoms with Gasteiger partial charge in [-0.05, 0) is 37.8 Å². The van der Waals surface area contributed by atoms with E-state index in [0.717, 1.165) is 25.8 Å². The zero-order chi connectivity index (χ0) is 21.6. The van der Waals surface area contributed by atoms with E-state index < -0.39 is 17.2 Å². The number of ether oxygens (including phenoxy) is 1. The summed E-state index contributed by atoms with van der Waals surface area (Å²) >= 11 is 0. The van der Waals surface area contributed by atoms with E-state index in [4.69, 9.17) is 4.74 Å². The topological polar surface area (TPSA) is 83.8 Å². The number of hydrogen-bond donors (Lipinski definition) is 2. The molecule has 30 heavy (non-hydrogen) atoms. The molecule has 1 aliphatic heterocycles. The van der Waals surface area contributed by atoms with Crippen molar-refractivity contribution in [3.05, 3.63) is 33.9 Å². The number of aromatic nitrogens is 1. The second-order valence-corrected chi connectivity index (χ2v) is 8.33. The maximum Gasteiger partial charge on any atom is 0.341 e. The molecule has 8 heteroatoms. The number of methoxy groups -OCH3 is 1. The van der Waals surface area contributed by atoms with Crippen molar-refractivity contribution >= 4 is 22.6 Å². The number of anilines is 1. The minimum absolute atomic E-state index is 0.0514. The molecule has 162 valence electrons. The summed E-state index contributed by atoms with van der Waals surface area (Å²) in [6.45, 7) is 6.44. The monoisotopic (exact) mass is 417 g/mol. The number of halogens is 1. The molecule has 1 aromatic carbocycles. The lowest BCUT2D eigenvalue weighted by atomic mass is 9.93. The van der Waals surface area contributed by atoms with Crippen LogP contribution in [0.15, 0.2) is 17.1 Å². The number of piperidine rings is 1. The molecule has 1 aromatic heterocycles. The Hall–Kier alpha value is -2.61. The van der Waals surface area contributed by atoms with Gasteiger partial charge in [0.15, 0.2) is 11.6 Å². The van der Waals surface area contributed by atoms with Gasteiger partial charge in [-0.2, -0.15) is 0 Å². The molecule has 1 saturated carbocycles. The number of nitrogens with zero attached hydrogens (tertiary/aromatic N) is 2. The quantitative estimate of drug-likeness (QED) is 0.752. The van der Waals surface area contributed by atoms with Gasteiger partial charge in [0, 0.05) is 31.4 Å². The number of aromatic carboxylic acids is 1. The molecule has 0 spiro atoms. The van der Waals surface area contributed by atoms with Crippen LogP contribution in [0.5, 0.6) is 5.75 Å². The van der Waals surface area contributed by atoms with E-state index in [1.165, 1.54) is 19.4 Å². The van der Waals surface area contributed by atoms with Crippen LogP contribution < -0.4 is 20.4 Å². The smallest absolute Gasteiger partial charge is 0.341 e. The summed E-state index contributed by atoms with van der Waals surface area (Å²) < 4.78 is 22.8. The Kier molecular flexibility index (Phi) is 5.44. The van der Waals surface area contributed by atoms with E-state index in [1.807, 2.05) is 4.90 Å². The summed E-state index contributed by atoms with van der Waals surface area (Å²) in [6, 6.07) is 1.65. The Bertz CT molecular complexity index is 1050. The van der Waals surface area contributed by atoms with E-state index in [9.17, 15) is 14.7 Å². The molecule has 2 unspecified atom stereocenters. The Balaban J connectivity index is 1.89. The highest BCUT2D eigenvalue weighted by Crippen LogP contribution is 2.44. The van der Waals surface area contributed by atoms with E-state index in [1.54, 1.807) is 4.57 Å². The van der Waals surface area contributed by atoms with Crippen molar-refractivity contribution in [2.75, 3.05) is 31.6 Å². The van der Waals surface area contributed by atoms with E-state index in [2.05, 4.69) is 19.2 Å². The highest BCUT2D eigenvalue weighted by molar-refractivity contribution is 5.97. The van der Waals surface area contributed by atoms with Crippen molar-refractivity contribution in [1.29, 1.82) is 0 Å². The Morgan fingerprint density at radius 1 is 1.37 bits per heavy atom. The van der Waals surface area contributed by atoms with Gasteiger partial charge in [0.25, 0.3) is 0 Å². The number of carboxylic acid groups (broad SMARTS) is 1. The molecule has 0 bridgehead atoms. The molecule has 2 fully saturated rings. The summed E-state index contributed by atoms with van der Waals surface area (Å²) in [5, 5.41) is 13.0. The fraction of sp³-hybridized carbons (Fsp3) is 0.545. The van der Waals surface area contributed by atoms with Gasteiger partial charge in [0.1, 0.15) is 11.3 Å². The Labute approximate surface area is 174 Å². The average Bonchev–Trinajstić information content (AvgIpc) is 3.54. The van der Waals surface area contributed by atoms with Crippen molar-refractivity contribution in [1.82, 2.24) is 9.88 Å². The van der Waals surface area contributed by atoms with E-state index in [0.29, 0.717) is 42.0 Å². The van der Waals surface area contributed by atoms with Crippen LogP contribution >= 0.6 is 0 Å². The maximum atomic E-state index is 15.4. The standard InChI is InChI=1S/C22H28FN3O4/c1-4-24-17-7-8-25(10-12(17)2)19-16(23)9-14-18(21(19)30-3)26(13-5-6-13)11-15(20(14)27)22(28)29/h9,11-13,17,24H,4-8,10H2,1-3H3,(H,28,29). The predicted molar refractivity (Wildman–Crippen MR) is 113 cm³/mol. The predicted octanol–water partition coefficient (Wildman–Crippen LogP) is 3.01. The highest BCUT2D eigenvalue weighted by atomic mass is 19.1. The SMILES string of the molecule is CCNC1CCN(c2c(F)cc3c(=O)c(C(=O)O)cn(C4CC4)c3c2OC)CC1C. The van der Waals surface area contributed by atoms with Crippen LogP contribution in [-0.4, -0.2) is 48.4 Å². The first-order valence-corrected chi connectivity index (χ1v) is 10.5. The fourth-order valence-corrected chi connectivity index (χ4v) is 4.64. The summed E-state index contributed by atoms with van der Waals surface area (Å²) in [5.74, 6) is -1.24. The molecular weight excluding hydrogens is 389 g/mol. The zero-order valence-corrected chi connectivity index (χ0v) is 17.6. The molecule has 2 aromatic rings. The second kappa shape index (κ2) is 7.91. The first-order chi connectivity index (χ1) is 14.4. The van der Waals surface area contributed by atoms with Crippen molar-refractivity contribution in [3.63, 3.8) is 0 Å². The van der Waals surface area contributed by atoms with Gasteiger partial charge < -0.3 is 24.6 Å². The molecule has 2 atom stereocenters.